The van der Waals surface area contributed by atoms with Gasteiger partial charge in [0.2, 0.25) is 0 Å². The lowest BCUT2D eigenvalue weighted by molar-refractivity contribution is 0.129. The number of para-hydroxylation sites is 1. The zero-order valence-corrected chi connectivity index (χ0v) is 10.9. The molecule has 1 aromatic carbocycles. The maximum Gasteiger partial charge on any atom is 0.119 e. The van der Waals surface area contributed by atoms with E-state index >= 15 is 0 Å². The summed E-state index contributed by atoms with van der Waals surface area (Å²) in [4.78, 5) is 2.45. The van der Waals surface area contributed by atoms with Gasteiger partial charge in [0.25, 0.3) is 0 Å². The third-order valence-electron chi connectivity index (χ3n) is 3.56. The van der Waals surface area contributed by atoms with Crippen LogP contribution in [-0.2, 0) is 0 Å². The summed E-state index contributed by atoms with van der Waals surface area (Å²) in [5.41, 5.74) is 0. The Labute approximate surface area is 109 Å². The Morgan fingerprint density at radius 2 is 2.11 bits per heavy atom. The molecule has 1 heterocycles. The second-order valence-electron chi connectivity index (χ2n) is 4.98. The predicted molar refractivity (Wildman–Crippen MR) is 72.8 cm³/mol. The average Bonchev–Trinajstić information content (AvgIpc) is 2.41. The molecule has 1 saturated heterocycles. The number of piperidine rings is 1. The van der Waals surface area contributed by atoms with E-state index < -0.39 is 0 Å². The molecular formula is C15H23NO2. The smallest absolute Gasteiger partial charge is 0.119 e. The first-order valence-electron chi connectivity index (χ1n) is 6.89. The molecule has 0 radical (unpaired) electrons. The van der Waals surface area contributed by atoms with Crippen molar-refractivity contribution in [2.45, 2.75) is 19.3 Å². The Hall–Kier alpha value is -1.06. The highest BCUT2D eigenvalue weighted by atomic mass is 16.5. The molecule has 1 aromatic rings. The minimum Gasteiger partial charge on any atom is -0.492 e. The summed E-state index contributed by atoms with van der Waals surface area (Å²) in [6.45, 7) is 4.32. The summed E-state index contributed by atoms with van der Waals surface area (Å²) in [7, 11) is 0. The van der Waals surface area contributed by atoms with Crippen molar-refractivity contribution in [3.63, 3.8) is 0 Å². The highest BCUT2D eigenvalue weighted by Gasteiger charge is 2.18. The van der Waals surface area contributed by atoms with E-state index in [1.54, 1.807) is 0 Å². The molecule has 0 aliphatic carbocycles. The third kappa shape index (κ3) is 4.31. The van der Waals surface area contributed by atoms with Crippen LogP contribution in [0.1, 0.15) is 19.3 Å². The fraction of sp³-hybridized carbons (Fsp3) is 0.600. The lowest BCUT2D eigenvalue weighted by Gasteiger charge is -2.32. The molecular weight excluding hydrogens is 226 g/mol. The number of aliphatic hydroxyl groups is 1. The van der Waals surface area contributed by atoms with Crippen molar-refractivity contribution < 1.29 is 9.84 Å². The van der Waals surface area contributed by atoms with Crippen LogP contribution >= 0.6 is 0 Å². The van der Waals surface area contributed by atoms with Gasteiger partial charge in [-0.25, -0.2) is 0 Å². The number of ether oxygens (including phenoxy) is 1. The van der Waals surface area contributed by atoms with Crippen LogP contribution in [0.25, 0.3) is 0 Å². The van der Waals surface area contributed by atoms with Gasteiger partial charge in [0.05, 0.1) is 0 Å². The van der Waals surface area contributed by atoms with Gasteiger partial charge in [0, 0.05) is 19.7 Å². The van der Waals surface area contributed by atoms with E-state index in [1.165, 1.54) is 19.4 Å². The molecule has 0 amide bonds. The number of rotatable bonds is 6. The minimum atomic E-state index is 0.318. The van der Waals surface area contributed by atoms with Gasteiger partial charge in [-0.2, -0.15) is 0 Å². The monoisotopic (exact) mass is 249 g/mol. The largest absolute Gasteiger partial charge is 0.492 e. The minimum absolute atomic E-state index is 0.318. The number of hydrogen-bond donors (Lipinski definition) is 1. The van der Waals surface area contributed by atoms with E-state index in [2.05, 4.69) is 4.90 Å². The molecule has 0 bridgehead atoms. The first-order valence-corrected chi connectivity index (χ1v) is 6.89. The zero-order chi connectivity index (χ0) is 12.6. The standard InChI is InChI=1S/C15H23NO2/c17-11-8-14-5-4-9-16(13-14)10-12-18-15-6-2-1-3-7-15/h1-3,6-7,14,17H,4-5,8-13H2. The van der Waals surface area contributed by atoms with E-state index in [9.17, 15) is 0 Å². The summed E-state index contributed by atoms with van der Waals surface area (Å²) >= 11 is 0. The van der Waals surface area contributed by atoms with E-state index in [0.717, 1.165) is 31.9 Å². The lowest BCUT2D eigenvalue weighted by Crippen LogP contribution is -2.38. The Morgan fingerprint density at radius 1 is 1.28 bits per heavy atom. The second kappa shape index (κ2) is 7.39. The van der Waals surface area contributed by atoms with Gasteiger partial charge in [-0.15, -0.1) is 0 Å². The highest BCUT2D eigenvalue weighted by molar-refractivity contribution is 5.20. The fourth-order valence-corrected chi connectivity index (χ4v) is 2.58. The molecule has 1 unspecified atom stereocenters. The Morgan fingerprint density at radius 3 is 2.89 bits per heavy atom. The Bertz CT molecular complexity index is 327. The van der Waals surface area contributed by atoms with Crippen LogP contribution in [0.2, 0.25) is 0 Å². The summed E-state index contributed by atoms with van der Waals surface area (Å²) in [5.74, 6) is 1.61. The van der Waals surface area contributed by atoms with E-state index in [1.807, 2.05) is 30.3 Å². The van der Waals surface area contributed by atoms with Gasteiger partial charge >= 0.3 is 0 Å². The molecule has 1 fully saturated rings. The molecule has 0 saturated carbocycles. The van der Waals surface area contributed by atoms with E-state index in [0.29, 0.717) is 12.5 Å². The molecule has 3 heteroatoms. The number of nitrogens with zero attached hydrogens (tertiary/aromatic N) is 1. The molecule has 1 aliphatic rings. The first kappa shape index (κ1) is 13.4. The van der Waals surface area contributed by atoms with Crippen molar-refractivity contribution in [2.24, 2.45) is 5.92 Å². The molecule has 100 valence electrons. The summed E-state index contributed by atoms with van der Waals surface area (Å²) in [5, 5.41) is 8.99. The number of benzene rings is 1. The third-order valence-corrected chi connectivity index (χ3v) is 3.56. The van der Waals surface area contributed by atoms with Crippen LogP contribution in [0.3, 0.4) is 0 Å². The van der Waals surface area contributed by atoms with Crippen LogP contribution in [0, 0.1) is 5.92 Å². The van der Waals surface area contributed by atoms with Gasteiger partial charge in [-0.05, 0) is 43.9 Å². The number of aliphatic hydroxyl groups excluding tert-OH is 1. The summed E-state index contributed by atoms with van der Waals surface area (Å²) in [6, 6.07) is 9.97. The Kier molecular flexibility index (Phi) is 5.49. The number of likely N-dealkylation sites (tertiary alicyclic amines) is 1. The van der Waals surface area contributed by atoms with Crippen LogP contribution in [-0.4, -0.2) is 42.9 Å². The topological polar surface area (TPSA) is 32.7 Å². The second-order valence-corrected chi connectivity index (χ2v) is 4.98. The van der Waals surface area contributed by atoms with Gasteiger partial charge in [-0.3, -0.25) is 4.90 Å². The average molecular weight is 249 g/mol. The molecule has 2 rings (SSSR count). The van der Waals surface area contributed by atoms with Gasteiger partial charge in [-0.1, -0.05) is 18.2 Å². The van der Waals surface area contributed by atoms with E-state index in [-0.39, 0.29) is 0 Å². The molecule has 3 nitrogen and oxygen atoms in total. The fourth-order valence-electron chi connectivity index (χ4n) is 2.58. The molecule has 0 spiro atoms. The van der Waals surface area contributed by atoms with Crippen LogP contribution < -0.4 is 4.74 Å². The predicted octanol–water partition coefficient (Wildman–Crippen LogP) is 2.16. The normalized spacial score (nSPS) is 20.8. The van der Waals surface area contributed by atoms with E-state index in [4.69, 9.17) is 9.84 Å². The Balaban J connectivity index is 1.67. The SMILES string of the molecule is OCCC1CCCN(CCOc2ccccc2)C1. The maximum absolute atomic E-state index is 8.99. The van der Waals surface area contributed by atoms with Crippen molar-refractivity contribution in [1.29, 1.82) is 0 Å². The molecule has 1 N–H and O–H groups in total. The van der Waals surface area contributed by atoms with Crippen LogP contribution in [0.4, 0.5) is 0 Å². The maximum atomic E-state index is 8.99. The first-order chi connectivity index (χ1) is 8.88. The molecule has 1 atom stereocenters. The van der Waals surface area contributed by atoms with Gasteiger partial charge in [0.1, 0.15) is 12.4 Å². The van der Waals surface area contributed by atoms with Crippen molar-refractivity contribution in [1.82, 2.24) is 4.90 Å². The van der Waals surface area contributed by atoms with Gasteiger partial charge < -0.3 is 9.84 Å². The summed E-state index contributed by atoms with van der Waals surface area (Å²) in [6.07, 6.45) is 3.45. The summed E-state index contributed by atoms with van der Waals surface area (Å²) < 4.78 is 5.71. The van der Waals surface area contributed by atoms with Gasteiger partial charge in [0.15, 0.2) is 0 Å². The van der Waals surface area contributed by atoms with Crippen LogP contribution in [0.5, 0.6) is 5.75 Å². The molecule has 18 heavy (non-hydrogen) atoms. The highest BCUT2D eigenvalue weighted by Crippen LogP contribution is 2.19. The van der Waals surface area contributed by atoms with Crippen LogP contribution in [0.15, 0.2) is 30.3 Å². The quantitative estimate of drug-likeness (QED) is 0.838. The van der Waals surface area contributed by atoms with Crippen molar-refractivity contribution in [3.05, 3.63) is 30.3 Å². The number of hydrogen-bond acceptors (Lipinski definition) is 3. The zero-order valence-electron chi connectivity index (χ0n) is 10.9. The molecule has 0 aromatic heterocycles. The van der Waals surface area contributed by atoms with Crippen molar-refractivity contribution >= 4 is 0 Å². The molecule has 1 aliphatic heterocycles. The lowest BCUT2D eigenvalue weighted by atomic mass is 9.95. The van der Waals surface area contributed by atoms with Crippen molar-refractivity contribution in [3.8, 4) is 5.75 Å². The van der Waals surface area contributed by atoms with Crippen molar-refractivity contribution in [2.75, 3.05) is 32.8 Å².